The first-order chi connectivity index (χ1) is 16.1. The molecule has 1 aromatic heterocycles. The lowest BCUT2D eigenvalue weighted by Gasteiger charge is -2.07. The number of hydrogen-bond donors (Lipinski definition) is 0. The maximum Gasteiger partial charge on any atom is 0.311 e. The van der Waals surface area contributed by atoms with E-state index >= 15 is 0 Å². The Morgan fingerprint density at radius 3 is 1.61 bits per heavy atom. The van der Waals surface area contributed by atoms with Gasteiger partial charge in [0, 0.05) is 18.4 Å². The monoisotopic (exact) mass is 454 g/mol. The lowest BCUT2D eigenvalue weighted by molar-refractivity contribution is -0.135. The molecule has 2 aromatic rings. The number of nitrogens with zero attached hydrogens (tertiary/aromatic N) is 2. The Kier molecular flexibility index (Phi) is 12.8. The molecule has 0 amide bonds. The van der Waals surface area contributed by atoms with Crippen LogP contribution in [-0.4, -0.2) is 21.9 Å². The zero-order chi connectivity index (χ0) is 23.7. The summed E-state index contributed by atoms with van der Waals surface area (Å²) in [5.41, 5.74) is 0.791. The number of unbranched alkanes of at least 4 members (excludes halogenated alkanes) is 9. The van der Waals surface area contributed by atoms with Crippen molar-refractivity contribution in [3.05, 3.63) is 36.7 Å². The molecule has 0 bridgehead atoms. The van der Waals surface area contributed by atoms with E-state index in [-0.39, 0.29) is 11.9 Å². The van der Waals surface area contributed by atoms with Crippen LogP contribution in [0.25, 0.3) is 11.4 Å². The highest BCUT2D eigenvalue weighted by Crippen LogP contribution is 2.21. The van der Waals surface area contributed by atoms with Crippen molar-refractivity contribution in [1.82, 2.24) is 9.97 Å². The van der Waals surface area contributed by atoms with E-state index in [0.717, 1.165) is 37.7 Å². The molecule has 1 aromatic carbocycles. The lowest BCUT2D eigenvalue weighted by atomic mass is 10.1. The van der Waals surface area contributed by atoms with E-state index in [1.807, 2.05) is 12.1 Å². The van der Waals surface area contributed by atoms with Gasteiger partial charge in [-0.2, -0.15) is 0 Å². The Bertz CT molecular complexity index is 819. The quantitative estimate of drug-likeness (QED) is 0.153. The van der Waals surface area contributed by atoms with E-state index in [2.05, 4.69) is 23.8 Å². The van der Waals surface area contributed by atoms with Crippen LogP contribution in [-0.2, 0) is 9.59 Å². The van der Waals surface area contributed by atoms with Gasteiger partial charge in [0.25, 0.3) is 0 Å². The summed E-state index contributed by atoms with van der Waals surface area (Å²) in [5.74, 6) is 0.914. The van der Waals surface area contributed by atoms with Crippen LogP contribution in [0.15, 0.2) is 36.7 Å². The fourth-order valence-electron chi connectivity index (χ4n) is 3.48. The molecule has 0 aliphatic carbocycles. The first kappa shape index (κ1) is 26.5. The van der Waals surface area contributed by atoms with Gasteiger partial charge in [-0.3, -0.25) is 9.59 Å². The van der Waals surface area contributed by atoms with Crippen LogP contribution >= 0.6 is 0 Å². The molecule has 180 valence electrons. The summed E-state index contributed by atoms with van der Waals surface area (Å²) in [6, 6.07) is 7.10. The first-order valence-electron chi connectivity index (χ1n) is 12.5. The van der Waals surface area contributed by atoms with E-state index in [4.69, 9.17) is 9.47 Å². The largest absolute Gasteiger partial charge is 0.427 e. The second-order valence-electron chi connectivity index (χ2n) is 8.40. The van der Waals surface area contributed by atoms with Crippen molar-refractivity contribution in [2.45, 2.75) is 97.3 Å². The molecule has 0 atom stereocenters. The fraction of sp³-hybridized carbons (Fsp3) is 0.556. The van der Waals surface area contributed by atoms with E-state index < -0.39 is 0 Å². The maximum atomic E-state index is 12.0. The highest BCUT2D eigenvalue weighted by molar-refractivity contribution is 5.73. The molecule has 0 N–H and O–H groups in total. The second kappa shape index (κ2) is 15.9. The maximum absolute atomic E-state index is 12.0. The van der Waals surface area contributed by atoms with Crippen molar-refractivity contribution in [3.63, 3.8) is 0 Å². The Morgan fingerprint density at radius 1 is 0.636 bits per heavy atom. The third-order valence-electron chi connectivity index (χ3n) is 5.42. The van der Waals surface area contributed by atoms with Gasteiger partial charge in [-0.1, -0.05) is 71.6 Å². The van der Waals surface area contributed by atoms with E-state index in [1.165, 1.54) is 50.9 Å². The summed E-state index contributed by atoms with van der Waals surface area (Å²) >= 11 is 0. The number of carbonyl (C=O) groups excluding carboxylic acids is 2. The molecule has 0 saturated carbocycles. The summed E-state index contributed by atoms with van der Waals surface area (Å²) in [6.45, 7) is 4.36. The van der Waals surface area contributed by atoms with Gasteiger partial charge >= 0.3 is 11.9 Å². The molecule has 2 rings (SSSR count). The third kappa shape index (κ3) is 11.1. The predicted molar refractivity (Wildman–Crippen MR) is 130 cm³/mol. The lowest BCUT2D eigenvalue weighted by Crippen LogP contribution is -2.08. The van der Waals surface area contributed by atoms with Crippen LogP contribution < -0.4 is 9.47 Å². The van der Waals surface area contributed by atoms with Crippen molar-refractivity contribution >= 4 is 11.9 Å². The van der Waals surface area contributed by atoms with E-state index in [0.29, 0.717) is 30.2 Å². The molecule has 33 heavy (non-hydrogen) atoms. The Labute approximate surface area is 198 Å². The summed E-state index contributed by atoms with van der Waals surface area (Å²) in [5, 5.41) is 0. The molecular weight excluding hydrogens is 416 g/mol. The Hall–Kier alpha value is -2.76. The minimum absolute atomic E-state index is 0.203. The molecule has 0 radical (unpaired) electrons. The summed E-state index contributed by atoms with van der Waals surface area (Å²) in [6.07, 6.45) is 16.1. The second-order valence-corrected chi connectivity index (χ2v) is 8.40. The zero-order valence-electron chi connectivity index (χ0n) is 20.2. The van der Waals surface area contributed by atoms with Crippen molar-refractivity contribution in [3.8, 4) is 22.9 Å². The van der Waals surface area contributed by atoms with Crippen LogP contribution in [0, 0.1) is 0 Å². The summed E-state index contributed by atoms with van der Waals surface area (Å²) in [4.78, 5) is 32.5. The molecule has 0 saturated heterocycles. The standard InChI is InChI=1S/C27H38N2O4/c1-3-5-7-9-11-13-14-25(30)32-23-18-16-22(17-19-23)27-28-20-24(21-29-27)33-26(31)15-12-10-8-6-4-2/h16-21H,3-15H2,1-2H3. The SMILES string of the molecule is CCCCCCCCC(=O)Oc1ccc(-c2ncc(OC(=O)CCCCCCC)cn2)cc1. The normalized spacial score (nSPS) is 10.7. The van der Waals surface area contributed by atoms with Gasteiger partial charge in [-0.15, -0.1) is 0 Å². The molecule has 1 heterocycles. The predicted octanol–water partition coefficient (Wildman–Crippen LogP) is 7.07. The van der Waals surface area contributed by atoms with Crippen molar-refractivity contribution in [2.75, 3.05) is 0 Å². The highest BCUT2D eigenvalue weighted by atomic mass is 16.5. The molecule has 6 nitrogen and oxygen atoms in total. The minimum Gasteiger partial charge on any atom is -0.427 e. The van der Waals surface area contributed by atoms with Crippen LogP contribution in [0.2, 0.25) is 0 Å². The highest BCUT2D eigenvalue weighted by Gasteiger charge is 2.09. The molecule has 0 aliphatic heterocycles. The Balaban J connectivity index is 1.74. The van der Waals surface area contributed by atoms with Gasteiger partial charge in [0.1, 0.15) is 5.75 Å². The van der Waals surface area contributed by atoms with E-state index in [9.17, 15) is 9.59 Å². The molecule has 0 fully saturated rings. The average Bonchev–Trinajstić information content (AvgIpc) is 2.82. The summed E-state index contributed by atoms with van der Waals surface area (Å²) in [7, 11) is 0. The van der Waals surface area contributed by atoms with Crippen LogP contribution in [0.1, 0.15) is 97.3 Å². The molecular formula is C27H38N2O4. The number of carbonyl (C=O) groups is 2. The van der Waals surface area contributed by atoms with Gasteiger partial charge in [-0.25, -0.2) is 9.97 Å². The number of benzene rings is 1. The number of ether oxygens (including phenoxy) is 2. The van der Waals surface area contributed by atoms with Crippen LogP contribution in [0.5, 0.6) is 11.5 Å². The van der Waals surface area contributed by atoms with Gasteiger partial charge in [-0.05, 0) is 37.1 Å². The van der Waals surface area contributed by atoms with Crippen molar-refractivity contribution in [1.29, 1.82) is 0 Å². The topological polar surface area (TPSA) is 78.4 Å². The van der Waals surface area contributed by atoms with Crippen LogP contribution in [0.4, 0.5) is 0 Å². The minimum atomic E-state index is -0.255. The third-order valence-corrected chi connectivity index (χ3v) is 5.42. The van der Waals surface area contributed by atoms with Crippen molar-refractivity contribution < 1.29 is 19.1 Å². The first-order valence-corrected chi connectivity index (χ1v) is 12.5. The Morgan fingerprint density at radius 2 is 1.09 bits per heavy atom. The van der Waals surface area contributed by atoms with Gasteiger partial charge in [0.05, 0.1) is 12.4 Å². The number of rotatable bonds is 16. The molecule has 0 unspecified atom stereocenters. The molecule has 0 spiro atoms. The number of aromatic nitrogens is 2. The molecule has 0 aliphatic rings. The zero-order valence-corrected chi connectivity index (χ0v) is 20.2. The summed E-state index contributed by atoms with van der Waals surface area (Å²) < 4.78 is 10.7. The number of hydrogen-bond acceptors (Lipinski definition) is 6. The smallest absolute Gasteiger partial charge is 0.311 e. The van der Waals surface area contributed by atoms with Crippen molar-refractivity contribution in [2.24, 2.45) is 0 Å². The fourth-order valence-corrected chi connectivity index (χ4v) is 3.48. The van der Waals surface area contributed by atoms with Crippen LogP contribution in [0.3, 0.4) is 0 Å². The van der Waals surface area contributed by atoms with E-state index in [1.54, 1.807) is 12.1 Å². The average molecular weight is 455 g/mol. The molecule has 6 heteroatoms. The van der Waals surface area contributed by atoms with Gasteiger partial charge in [0.2, 0.25) is 0 Å². The number of esters is 2. The van der Waals surface area contributed by atoms with Gasteiger partial charge < -0.3 is 9.47 Å². The van der Waals surface area contributed by atoms with Gasteiger partial charge in [0.15, 0.2) is 11.6 Å².